The van der Waals surface area contributed by atoms with Crippen molar-refractivity contribution in [2.45, 2.75) is 25.5 Å². The molecule has 0 saturated carbocycles. The molecule has 4 aromatic rings. The summed E-state index contributed by atoms with van der Waals surface area (Å²) in [6.07, 6.45) is 1.63. The van der Waals surface area contributed by atoms with Crippen molar-refractivity contribution in [1.82, 2.24) is 9.88 Å². The van der Waals surface area contributed by atoms with Gasteiger partial charge in [0.15, 0.2) is 0 Å². The summed E-state index contributed by atoms with van der Waals surface area (Å²) in [5, 5.41) is 0.737. The van der Waals surface area contributed by atoms with Gasteiger partial charge in [-0.2, -0.15) is 0 Å². The molecule has 1 atom stereocenters. The van der Waals surface area contributed by atoms with Gasteiger partial charge in [-0.1, -0.05) is 24.3 Å². The van der Waals surface area contributed by atoms with Gasteiger partial charge in [0.1, 0.15) is 28.6 Å². The van der Waals surface area contributed by atoms with E-state index in [1.165, 1.54) is 12.1 Å². The highest BCUT2D eigenvalue weighted by molar-refractivity contribution is 5.96. The average molecular weight is 531 g/mol. The summed E-state index contributed by atoms with van der Waals surface area (Å²) < 4.78 is 37.5. The van der Waals surface area contributed by atoms with Crippen molar-refractivity contribution in [2.24, 2.45) is 0 Å². The zero-order valence-electron chi connectivity index (χ0n) is 22.3. The van der Waals surface area contributed by atoms with Crippen LogP contribution in [0.25, 0.3) is 22.2 Å². The third-order valence-electron chi connectivity index (χ3n) is 6.99. The minimum atomic E-state index is -0.562. The molecule has 0 N–H and O–H groups in total. The van der Waals surface area contributed by atoms with Crippen LogP contribution in [0, 0.1) is 5.82 Å². The van der Waals surface area contributed by atoms with Crippen molar-refractivity contribution >= 4 is 16.8 Å². The number of carbonyl (C=O) groups is 1. The summed E-state index contributed by atoms with van der Waals surface area (Å²) in [5.74, 6) is 0.878. The Balaban J connectivity index is 1.69. The Labute approximate surface area is 227 Å². The quantitative estimate of drug-likeness (QED) is 0.269. The van der Waals surface area contributed by atoms with Crippen LogP contribution in [-0.4, -0.2) is 56.4 Å². The van der Waals surface area contributed by atoms with E-state index in [4.69, 9.17) is 23.9 Å². The lowest BCUT2D eigenvalue weighted by Crippen LogP contribution is -2.37. The SMILES string of the molecule is COc1ccccc1-c1nc2c(OC)ccc(OC)c2cc1CN(C[C@@H]1CCCO1)C(=O)c1ccccc1F. The molecule has 0 aliphatic carbocycles. The normalized spacial score (nSPS) is 14.8. The lowest BCUT2D eigenvalue weighted by atomic mass is 10.0. The third-order valence-corrected chi connectivity index (χ3v) is 6.99. The molecule has 1 amide bonds. The van der Waals surface area contributed by atoms with Gasteiger partial charge < -0.3 is 23.8 Å². The minimum absolute atomic E-state index is 0.0161. The van der Waals surface area contributed by atoms with Crippen LogP contribution in [0.15, 0.2) is 66.7 Å². The molecule has 7 nitrogen and oxygen atoms in total. The zero-order chi connectivity index (χ0) is 27.4. The minimum Gasteiger partial charge on any atom is -0.496 e. The number of halogens is 1. The summed E-state index contributed by atoms with van der Waals surface area (Å²) >= 11 is 0. The Kier molecular flexibility index (Phi) is 7.93. The number of hydrogen-bond donors (Lipinski definition) is 0. The molecule has 0 radical (unpaired) electrons. The molecule has 39 heavy (non-hydrogen) atoms. The number of hydrogen-bond acceptors (Lipinski definition) is 6. The molecule has 3 aromatic carbocycles. The maximum absolute atomic E-state index is 14.7. The number of amides is 1. The van der Waals surface area contributed by atoms with Gasteiger partial charge in [0.2, 0.25) is 0 Å². The van der Waals surface area contributed by atoms with E-state index in [9.17, 15) is 9.18 Å². The highest BCUT2D eigenvalue weighted by Gasteiger charge is 2.27. The van der Waals surface area contributed by atoms with E-state index < -0.39 is 11.7 Å². The fourth-order valence-electron chi connectivity index (χ4n) is 5.05. The van der Waals surface area contributed by atoms with Gasteiger partial charge in [-0.05, 0) is 60.9 Å². The fraction of sp³-hybridized carbons (Fsp3) is 0.290. The molecule has 8 heteroatoms. The lowest BCUT2D eigenvalue weighted by molar-refractivity contribution is 0.0504. The van der Waals surface area contributed by atoms with Crippen LogP contribution in [0.1, 0.15) is 28.8 Å². The predicted molar refractivity (Wildman–Crippen MR) is 147 cm³/mol. The van der Waals surface area contributed by atoms with E-state index >= 15 is 0 Å². The number of benzene rings is 3. The second-order valence-electron chi connectivity index (χ2n) is 9.36. The topological polar surface area (TPSA) is 70.1 Å². The van der Waals surface area contributed by atoms with Crippen LogP contribution < -0.4 is 14.2 Å². The molecule has 1 fully saturated rings. The van der Waals surface area contributed by atoms with E-state index in [0.29, 0.717) is 41.6 Å². The van der Waals surface area contributed by atoms with Gasteiger partial charge in [-0.25, -0.2) is 9.37 Å². The Bertz CT molecular complexity index is 1490. The van der Waals surface area contributed by atoms with Crippen LogP contribution in [-0.2, 0) is 11.3 Å². The maximum atomic E-state index is 14.7. The van der Waals surface area contributed by atoms with Crippen molar-refractivity contribution in [1.29, 1.82) is 0 Å². The van der Waals surface area contributed by atoms with Gasteiger partial charge in [0, 0.05) is 30.6 Å². The number of carbonyl (C=O) groups excluding carboxylic acids is 1. The highest BCUT2D eigenvalue weighted by atomic mass is 19.1. The van der Waals surface area contributed by atoms with Crippen molar-refractivity contribution in [2.75, 3.05) is 34.5 Å². The van der Waals surface area contributed by atoms with E-state index in [1.54, 1.807) is 38.4 Å². The average Bonchev–Trinajstić information content (AvgIpc) is 3.49. The summed E-state index contributed by atoms with van der Waals surface area (Å²) in [7, 11) is 4.80. The van der Waals surface area contributed by atoms with E-state index in [0.717, 1.165) is 29.4 Å². The summed E-state index contributed by atoms with van der Waals surface area (Å²) in [4.78, 5) is 20.4. The second-order valence-corrected chi connectivity index (χ2v) is 9.36. The standard InChI is InChI=1S/C31H31FN2O5/c1-36-26-13-7-5-11-23(26)29-20(17-24-27(37-2)14-15-28(38-3)30(24)33-29)18-34(19-21-9-8-16-39-21)31(35)22-10-4-6-12-25(22)32/h4-7,10-15,17,21H,8-9,16,18-19H2,1-3H3/t21-/m0/s1. The first-order valence-corrected chi connectivity index (χ1v) is 12.9. The van der Waals surface area contributed by atoms with Crippen LogP contribution in [0.3, 0.4) is 0 Å². The first-order chi connectivity index (χ1) is 19.0. The highest BCUT2D eigenvalue weighted by Crippen LogP contribution is 2.39. The Morgan fingerprint density at radius 3 is 2.41 bits per heavy atom. The van der Waals surface area contributed by atoms with Crippen LogP contribution in [0.4, 0.5) is 4.39 Å². The van der Waals surface area contributed by atoms with Crippen LogP contribution >= 0.6 is 0 Å². The molecule has 202 valence electrons. The molecule has 1 aliphatic rings. The van der Waals surface area contributed by atoms with E-state index in [1.807, 2.05) is 42.5 Å². The molecule has 1 saturated heterocycles. The van der Waals surface area contributed by atoms with Gasteiger partial charge >= 0.3 is 0 Å². The number of methoxy groups -OCH3 is 3. The zero-order valence-corrected chi connectivity index (χ0v) is 22.3. The molecule has 0 spiro atoms. The number of ether oxygens (including phenoxy) is 4. The smallest absolute Gasteiger partial charge is 0.257 e. The van der Waals surface area contributed by atoms with Crippen molar-refractivity contribution in [3.63, 3.8) is 0 Å². The van der Waals surface area contributed by atoms with Gasteiger partial charge in [0.05, 0.1) is 38.7 Å². The summed E-state index contributed by atoms with van der Waals surface area (Å²) in [6.45, 7) is 1.14. The number of rotatable bonds is 9. The summed E-state index contributed by atoms with van der Waals surface area (Å²) in [5.41, 5.74) is 2.78. The summed E-state index contributed by atoms with van der Waals surface area (Å²) in [6, 6.07) is 19.2. The lowest BCUT2D eigenvalue weighted by Gasteiger charge is -2.27. The van der Waals surface area contributed by atoms with Gasteiger partial charge in [-0.15, -0.1) is 0 Å². The van der Waals surface area contributed by atoms with Gasteiger partial charge in [0.25, 0.3) is 5.91 Å². The number of pyridine rings is 1. The Hall–Kier alpha value is -4.17. The third kappa shape index (κ3) is 5.38. The maximum Gasteiger partial charge on any atom is 0.257 e. The van der Waals surface area contributed by atoms with E-state index in [2.05, 4.69) is 0 Å². The van der Waals surface area contributed by atoms with Crippen molar-refractivity contribution in [3.8, 4) is 28.5 Å². The second kappa shape index (κ2) is 11.7. The first kappa shape index (κ1) is 26.4. The van der Waals surface area contributed by atoms with Crippen molar-refractivity contribution < 1.29 is 28.1 Å². The fourth-order valence-corrected chi connectivity index (χ4v) is 5.05. The number of nitrogens with zero attached hydrogens (tertiary/aromatic N) is 2. The Morgan fingerprint density at radius 1 is 0.974 bits per heavy atom. The monoisotopic (exact) mass is 530 g/mol. The van der Waals surface area contributed by atoms with Crippen molar-refractivity contribution in [3.05, 3.63) is 83.7 Å². The predicted octanol–water partition coefficient (Wildman–Crippen LogP) is 5.89. The Morgan fingerprint density at radius 2 is 1.69 bits per heavy atom. The van der Waals surface area contributed by atoms with E-state index in [-0.39, 0.29) is 18.2 Å². The van der Waals surface area contributed by atoms with Crippen LogP contribution in [0.2, 0.25) is 0 Å². The molecule has 2 heterocycles. The molecule has 0 unspecified atom stereocenters. The molecule has 5 rings (SSSR count). The van der Waals surface area contributed by atoms with Gasteiger partial charge in [-0.3, -0.25) is 4.79 Å². The molecular formula is C31H31FN2O5. The number of aromatic nitrogens is 1. The molecular weight excluding hydrogens is 499 g/mol. The van der Waals surface area contributed by atoms with Crippen LogP contribution in [0.5, 0.6) is 17.2 Å². The molecule has 0 bridgehead atoms. The molecule has 1 aromatic heterocycles. The molecule has 1 aliphatic heterocycles. The number of para-hydroxylation sites is 1. The largest absolute Gasteiger partial charge is 0.496 e. The number of fused-ring (bicyclic) bond motifs is 1. The first-order valence-electron chi connectivity index (χ1n) is 12.9.